The fraction of sp³-hybridized carbons (Fsp3) is 0.188. The third-order valence-electron chi connectivity index (χ3n) is 3.55. The number of amides is 1. The first kappa shape index (κ1) is 16.6. The monoisotopic (exact) mass is 366 g/mol. The lowest BCUT2D eigenvalue weighted by atomic mass is 10.2. The molecule has 0 bridgehead atoms. The Morgan fingerprint density at radius 3 is 2.67 bits per heavy atom. The van der Waals surface area contributed by atoms with Gasteiger partial charge in [-0.25, -0.2) is 13.2 Å². The number of cyclic esters (lactones) is 1. The van der Waals surface area contributed by atoms with Gasteiger partial charge in [0, 0.05) is 5.69 Å². The molecule has 1 heterocycles. The molecule has 0 aromatic heterocycles. The van der Waals surface area contributed by atoms with Crippen molar-refractivity contribution in [2.24, 2.45) is 0 Å². The van der Waals surface area contributed by atoms with Gasteiger partial charge in [-0.2, -0.15) is 0 Å². The van der Waals surface area contributed by atoms with Gasteiger partial charge in [-0.1, -0.05) is 23.7 Å². The second-order valence-corrected chi connectivity index (χ2v) is 7.41. The Bertz CT molecular complexity index is 899. The molecular formula is C16H15ClN2O4S. The Kier molecular flexibility index (Phi) is 4.38. The number of ether oxygens (including phenoxy) is 1. The van der Waals surface area contributed by atoms with Crippen molar-refractivity contribution in [1.29, 1.82) is 0 Å². The van der Waals surface area contributed by atoms with Gasteiger partial charge in [-0.15, -0.1) is 0 Å². The SMILES string of the molecule is Cc1ccc(S(=O)(=O)Nc2cccc(N3CCOC3=O)c2)c(Cl)c1. The molecule has 6 nitrogen and oxygen atoms in total. The molecule has 0 radical (unpaired) electrons. The van der Waals surface area contributed by atoms with E-state index in [1.165, 1.54) is 11.0 Å². The Morgan fingerprint density at radius 1 is 1.21 bits per heavy atom. The highest BCUT2D eigenvalue weighted by Gasteiger charge is 2.24. The number of hydrogen-bond acceptors (Lipinski definition) is 4. The van der Waals surface area contributed by atoms with Gasteiger partial charge in [0.15, 0.2) is 0 Å². The highest BCUT2D eigenvalue weighted by Crippen LogP contribution is 2.27. The van der Waals surface area contributed by atoms with Crippen LogP contribution in [0.3, 0.4) is 0 Å². The lowest BCUT2D eigenvalue weighted by molar-refractivity contribution is 0.181. The Labute approximate surface area is 145 Å². The number of hydrogen-bond donors (Lipinski definition) is 1. The van der Waals surface area contributed by atoms with Gasteiger partial charge >= 0.3 is 6.09 Å². The van der Waals surface area contributed by atoms with Crippen molar-refractivity contribution < 1.29 is 17.9 Å². The number of rotatable bonds is 4. The molecule has 126 valence electrons. The molecule has 1 amide bonds. The standard InChI is InChI=1S/C16H15ClN2O4S/c1-11-5-6-15(14(17)9-11)24(21,22)18-12-3-2-4-13(10-12)19-7-8-23-16(19)20/h2-6,9-10,18H,7-8H2,1H3. The zero-order chi connectivity index (χ0) is 17.3. The quantitative estimate of drug-likeness (QED) is 0.899. The molecule has 0 saturated carbocycles. The van der Waals surface area contributed by atoms with Crippen LogP contribution in [0.25, 0.3) is 0 Å². The van der Waals surface area contributed by atoms with Crippen LogP contribution in [0.2, 0.25) is 5.02 Å². The lowest BCUT2D eigenvalue weighted by Crippen LogP contribution is -2.23. The molecule has 1 fully saturated rings. The number of carbonyl (C=O) groups is 1. The van der Waals surface area contributed by atoms with E-state index < -0.39 is 16.1 Å². The van der Waals surface area contributed by atoms with E-state index in [4.69, 9.17) is 16.3 Å². The molecule has 0 spiro atoms. The maximum atomic E-state index is 12.5. The lowest BCUT2D eigenvalue weighted by Gasteiger charge is -2.15. The Morgan fingerprint density at radius 2 is 2.00 bits per heavy atom. The summed E-state index contributed by atoms with van der Waals surface area (Å²) >= 11 is 6.05. The zero-order valence-corrected chi connectivity index (χ0v) is 14.4. The van der Waals surface area contributed by atoms with Crippen LogP contribution in [0.5, 0.6) is 0 Å². The predicted octanol–water partition coefficient (Wildman–Crippen LogP) is 3.41. The minimum Gasteiger partial charge on any atom is -0.447 e. The van der Waals surface area contributed by atoms with Crippen molar-refractivity contribution in [2.45, 2.75) is 11.8 Å². The van der Waals surface area contributed by atoms with Gasteiger partial charge in [-0.05, 0) is 42.8 Å². The number of nitrogens with one attached hydrogen (secondary N) is 1. The summed E-state index contributed by atoms with van der Waals surface area (Å²) in [5, 5.41) is 0.154. The van der Waals surface area contributed by atoms with Crippen LogP contribution in [0, 0.1) is 6.92 Å². The van der Waals surface area contributed by atoms with Crippen molar-refractivity contribution in [3.63, 3.8) is 0 Å². The molecule has 1 aliphatic rings. The molecular weight excluding hydrogens is 352 g/mol. The van der Waals surface area contributed by atoms with E-state index in [-0.39, 0.29) is 9.92 Å². The van der Waals surface area contributed by atoms with E-state index in [9.17, 15) is 13.2 Å². The molecule has 2 aromatic carbocycles. The average Bonchev–Trinajstić information content (AvgIpc) is 2.92. The molecule has 0 unspecified atom stereocenters. The molecule has 1 N–H and O–H groups in total. The summed E-state index contributed by atoms with van der Waals surface area (Å²) in [4.78, 5) is 13.1. The summed E-state index contributed by atoms with van der Waals surface area (Å²) in [6.45, 7) is 2.57. The van der Waals surface area contributed by atoms with Crippen molar-refractivity contribution in [2.75, 3.05) is 22.8 Å². The van der Waals surface area contributed by atoms with E-state index in [0.29, 0.717) is 24.5 Å². The highest BCUT2D eigenvalue weighted by atomic mass is 35.5. The first-order valence-electron chi connectivity index (χ1n) is 7.20. The molecule has 1 saturated heterocycles. The molecule has 0 aliphatic carbocycles. The fourth-order valence-corrected chi connectivity index (χ4v) is 4.05. The topological polar surface area (TPSA) is 75.7 Å². The maximum absolute atomic E-state index is 12.5. The third kappa shape index (κ3) is 3.32. The number of nitrogens with zero attached hydrogens (tertiary/aromatic N) is 1. The van der Waals surface area contributed by atoms with Gasteiger partial charge in [0.25, 0.3) is 10.0 Å². The van der Waals surface area contributed by atoms with Crippen LogP contribution in [-0.4, -0.2) is 27.7 Å². The number of anilines is 2. The van der Waals surface area contributed by atoms with Crippen molar-refractivity contribution >= 4 is 39.1 Å². The van der Waals surface area contributed by atoms with Crippen LogP contribution >= 0.6 is 11.6 Å². The van der Waals surface area contributed by atoms with Crippen LogP contribution in [0.15, 0.2) is 47.4 Å². The van der Waals surface area contributed by atoms with Crippen LogP contribution < -0.4 is 9.62 Å². The molecule has 1 aliphatic heterocycles. The number of benzene rings is 2. The minimum atomic E-state index is -3.83. The number of sulfonamides is 1. The number of halogens is 1. The molecule has 8 heteroatoms. The van der Waals surface area contributed by atoms with Gasteiger partial charge in [0.1, 0.15) is 11.5 Å². The Balaban J connectivity index is 1.89. The van der Waals surface area contributed by atoms with Crippen LogP contribution in [-0.2, 0) is 14.8 Å². The largest absolute Gasteiger partial charge is 0.447 e. The first-order chi connectivity index (χ1) is 11.4. The van der Waals surface area contributed by atoms with Crippen molar-refractivity contribution in [3.8, 4) is 0 Å². The summed E-state index contributed by atoms with van der Waals surface area (Å²) in [7, 11) is -3.83. The smallest absolute Gasteiger partial charge is 0.414 e. The van der Waals surface area contributed by atoms with Gasteiger partial charge < -0.3 is 4.74 Å². The fourth-order valence-electron chi connectivity index (χ4n) is 2.40. The highest BCUT2D eigenvalue weighted by molar-refractivity contribution is 7.92. The first-order valence-corrected chi connectivity index (χ1v) is 9.06. The van der Waals surface area contributed by atoms with Crippen LogP contribution in [0.1, 0.15) is 5.56 Å². The summed E-state index contributed by atoms with van der Waals surface area (Å²) < 4.78 is 32.4. The number of carbonyl (C=O) groups excluding carboxylic acids is 1. The Hall–Kier alpha value is -2.25. The second-order valence-electron chi connectivity index (χ2n) is 5.36. The summed E-state index contributed by atoms with van der Waals surface area (Å²) in [5.74, 6) is 0. The maximum Gasteiger partial charge on any atom is 0.414 e. The normalized spacial score (nSPS) is 14.6. The second kappa shape index (κ2) is 6.33. The van der Waals surface area contributed by atoms with Crippen LogP contribution in [0.4, 0.5) is 16.2 Å². The molecule has 24 heavy (non-hydrogen) atoms. The summed E-state index contributed by atoms with van der Waals surface area (Å²) in [6, 6.07) is 11.3. The summed E-state index contributed by atoms with van der Waals surface area (Å²) in [6.07, 6.45) is -0.448. The van der Waals surface area contributed by atoms with Crippen molar-refractivity contribution in [1.82, 2.24) is 0 Å². The van der Waals surface area contributed by atoms with Gasteiger partial charge in [-0.3, -0.25) is 9.62 Å². The van der Waals surface area contributed by atoms with Gasteiger partial charge in [0.05, 0.1) is 17.3 Å². The molecule has 2 aromatic rings. The minimum absolute atomic E-state index is 0.000696. The van der Waals surface area contributed by atoms with E-state index >= 15 is 0 Å². The van der Waals surface area contributed by atoms with E-state index in [0.717, 1.165) is 5.56 Å². The number of aryl methyl sites for hydroxylation is 1. The zero-order valence-electron chi connectivity index (χ0n) is 12.8. The van der Waals surface area contributed by atoms with E-state index in [1.54, 1.807) is 36.4 Å². The molecule has 3 rings (SSSR count). The predicted molar refractivity (Wildman–Crippen MR) is 92.1 cm³/mol. The molecule has 0 atom stereocenters. The summed E-state index contributed by atoms with van der Waals surface area (Å²) in [5.41, 5.74) is 1.77. The van der Waals surface area contributed by atoms with E-state index in [2.05, 4.69) is 4.72 Å². The van der Waals surface area contributed by atoms with Gasteiger partial charge in [0.2, 0.25) is 0 Å². The van der Waals surface area contributed by atoms with Crippen molar-refractivity contribution in [3.05, 3.63) is 53.1 Å². The average molecular weight is 367 g/mol. The van der Waals surface area contributed by atoms with E-state index in [1.807, 2.05) is 6.92 Å². The third-order valence-corrected chi connectivity index (χ3v) is 5.41.